The smallest absolute Gasteiger partial charge is 0.328 e. The molecule has 1 aliphatic rings. The van der Waals surface area contributed by atoms with Crippen molar-refractivity contribution in [3.8, 4) is 0 Å². The minimum Gasteiger partial charge on any atom is -0.478 e. The second kappa shape index (κ2) is 21.4. The van der Waals surface area contributed by atoms with Gasteiger partial charge >= 0.3 is 29.9 Å². The molecular formula is C28H42N4O11S. The summed E-state index contributed by atoms with van der Waals surface area (Å²) in [6, 6.07) is 8.12. The third-order valence-corrected chi connectivity index (χ3v) is 7.56. The van der Waals surface area contributed by atoms with E-state index in [1.165, 1.54) is 0 Å². The molecule has 2 amide bonds. The molecule has 1 aliphatic heterocycles. The number of benzene rings is 1. The lowest BCUT2D eigenvalue weighted by Crippen LogP contribution is -2.47. The molecule has 16 heteroatoms. The van der Waals surface area contributed by atoms with Crippen LogP contribution in [0.1, 0.15) is 20.3 Å². The van der Waals surface area contributed by atoms with E-state index in [9.17, 15) is 32.4 Å². The van der Waals surface area contributed by atoms with E-state index in [4.69, 9.17) is 20.4 Å². The van der Waals surface area contributed by atoms with Gasteiger partial charge in [-0.1, -0.05) is 18.2 Å². The Morgan fingerprint density at radius 1 is 0.841 bits per heavy atom. The third-order valence-electron chi connectivity index (χ3n) is 5.85. The number of hydrogen-bond acceptors (Lipinski definition) is 9. The third kappa shape index (κ3) is 19.8. The first kappa shape index (κ1) is 39.7. The zero-order valence-corrected chi connectivity index (χ0v) is 25.9. The van der Waals surface area contributed by atoms with Gasteiger partial charge in [-0.2, -0.15) is 0 Å². The SMILES string of the molecule is CC(C)N(CCS(=O)(=O)c1ccccc1)C(=O)NCCCN1CCN(C)CC1.O=C(O)/C=C\C(=O)O.O=C(O)/C=C\C(=O)O. The molecule has 1 heterocycles. The average molecular weight is 643 g/mol. The van der Waals surface area contributed by atoms with Crippen LogP contribution in [-0.2, 0) is 29.0 Å². The van der Waals surface area contributed by atoms with Crippen LogP contribution < -0.4 is 5.32 Å². The molecule has 1 aromatic carbocycles. The number of sulfone groups is 1. The molecule has 0 saturated carbocycles. The number of hydrogen-bond donors (Lipinski definition) is 5. The van der Waals surface area contributed by atoms with Crippen LogP contribution in [0, 0.1) is 0 Å². The molecule has 15 nitrogen and oxygen atoms in total. The number of amides is 2. The molecule has 1 saturated heterocycles. The van der Waals surface area contributed by atoms with Crippen molar-refractivity contribution in [3.63, 3.8) is 0 Å². The van der Waals surface area contributed by atoms with E-state index in [1.54, 1.807) is 35.2 Å². The molecule has 246 valence electrons. The number of carbonyl (C=O) groups excluding carboxylic acids is 1. The maximum Gasteiger partial charge on any atom is 0.328 e. The number of likely N-dealkylation sites (N-methyl/N-ethyl adjacent to an activating group) is 1. The number of urea groups is 1. The van der Waals surface area contributed by atoms with Crippen LogP contribution in [0.5, 0.6) is 0 Å². The van der Waals surface area contributed by atoms with Crippen molar-refractivity contribution in [1.82, 2.24) is 20.0 Å². The first-order valence-corrected chi connectivity index (χ1v) is 15.2. The minimum atomic E-state index is -3.40. The van der Waals surface area contributed by atoms with Gasteiger partial charge in [0.1, 0.15) is 0 Å². The summed E-state index contributed by atoms with van der Waals surface area (Å²) >= 11 is 0. The molecule has 0 spiro atoms. The molecule has 0 atom stereocenters. The highest BCUT2D eigenvalue weighted by Crippen LogP contribution is 2.11. The Morgan fingerprint density at radius 3 is 1.70 bits per heavy atom. The van der Waals surface area contributed by atoms with E-state index in [2.05, 4.69) is 22.2 Å². The van der Waals surface area contributed by atoms with Gasteiger partial charge in [0, 0.05) is 69.6 Å². The molecule has 0 radical (unpaired) electrons. The van der Waals surface area contributed by atoms with Gasteiger partial charge in [0.2, 0.25) is 0 Å². The number of rotatable bonds is 13. The normalized spacial score (nSPS) is 13.8. The van der Waals surface area contributed by atoms with Crippen LogP contribution in [0.3, 0.4) is 0 Å². The lowest BCUT2D eigenvalue weighted by Gasteiger charge is -2.32. The van der Waals surface area contributed by atoms with Gasteiger partial charge in [-0.15, -0.1) is 0 Å². The van der Waals surface area contributed by atoms with Crippen molar-refractivity contribution >= 4 is 39.7 Å². The van der Waals surface area contributed by atoms with E-state index >= 15 is 0 Å². The summed E-state index contributed by atoms with van der Waals surface area (Å²) in [6.07, 6.45) is 3.12. The second-order valence-corrected chi connectivity index (χ2v) is 11.8. The van der Waals surface area contributed by atoms with Crippen molar-refractivity contribution in [2.45, 2.75) is 31.2 Å². The largest absolute Gasteiger partial charge is 0.478 e. The molecule has 0 bridgehead atoms. The quantitative estimate of drug-likeness (QED) is 0.149. The van der Waals surface area contributed by atoms with Crippen LogP contribution in [0.2, 0.25) is 0 Å². The fraction of sp³-hybridized carbons (Fsp3) is 0.464. The number of nitrogens with one attached hydrogen (secondary N) is 1. The van der Waals surface area contributed by atoms with E-state index in [0.717, 1.165) is 39.1 Å². The predicted molar refractivity (Wildman–Crippen MR) is 161 cm³/mol. The molecule has 0 aliphatic carbocycles. The fourth-order valence-electron chi connectivity index (χ4n) is 3.51. The minimum absolute atomic E-state index is 0.0661. The lowest BCUT2D eigenvalue weighted by atomic mass is 10.3. The summed E-state index contributed by atoms with van der Waals surface area (Å²) in [7, 11) is -1.26. The Kier molecular flexibility index (Phi) is 19.3. The van der Waals surface area contributed by atoms with Crippen molar-refractivity contribution in [1.29, 1.82) is 0 Å². The highest BCUT2D eigenvalue weighted by molar-refractivity contribution is 7.91. The first-order valence-electron chi connectivity index (χ1n) is 13.6. The highest BCUT2D eigenvalue weighted by Gasteiger charge is 2.21. The van der Waals surface area contributed by atoms with Gasteiger partial charge in [0.25, 0.3) is 0 Å². The summed E-state index contributed by atoms with van der Waals surface area (Å²) in [4.78, 5) is 57.4. The summed E-state index contributed by atoms with van der Waals surface area (Å²) in [5.74, 6) is -5.11. The van der Waals surface area contributed by atoms with Crippen molar-refractivity contribution in [3.05, 3.63) is 54.6 Å². The maximum atomic E-state index is 12.5. The molecule has 1 fully saturated rings. The highest BCUT2D eigenvalue weighted by atomic mass is 32.2. The fourth-order valence-corrected chi connectivity index (χ4v) is 4.76. The Morgan fingerprint density at radius 2 is 1.30 bits per heavy atom. The second-order valence-electron chi connectivity index (χ2n) is 9.67. The summed E-state index contributed by atoms with van der Waals surface area (Å²) in [5.41, 5.74) is 0. The number of aliphatic carboxylic acids is 4. The molecule has 2 rings (SSSR count). The Balaban J connectivity index is 0.000000947. The molecule has 0 aromatic heterocycles. The number of carbonyl (C=O) groups is 5. The number of piperazine rings is 1. The monoisotopic (exact) mass is 642 g/mol. The van der Waals surface area contributed by atoms with Gasteiger partial charge in [-0.05, 0) is 46.0 Å². The van der Waals surface area contributed by atoms with E-state index in [-0.39, 0.29) is 24.4 Å². The maximum absolute atomic E-state index is 12.5. The van der Waals surface area contributed by atoms with Gasteiger partial charge in [0.05, 0.1) is 10.6 Å². The van der Waals surface area contributed by atoms with E-state index < -0.39 is 33.7 Å². The molecule has 0 unspecified atom stereocenters. The summed E-state index contributed by atoms with van der Waals surface area (Å²) in [6.45, 7) is 9.86. The van der Waals surface area contributed by atoms with Gasteiger partial charge in [-0.3, -0.25) is 0 Å². The predicted octanol–water partition coefficient (Wildman–Crippen LogP) is 0.941. The number of carboxylic acids is 4. The van der Waals surface area contributed by atoms with Gasteiger partial charge in [-0.25, -0.2) is 32.4 Å². The van der Waals surface area contributed by atoms with Crippen molar-refractivity contribution in [2.75, 3.05) is 58.6 Å². The Hall–Kier alpha value is -4.28. The van der Waals surface area contributed by atoms with Gasteiger partial charge in [0.15, 0.2) is 9.84 Å². The summed E-state index contributed by atoms with van der Waals surface area (Å²) < 4.78 is 24.9. The molecular weight excluding hydrogens is 600 g/mol. The standard InChI is InChI=1S/C20H34N4O3S.2C4H4O4/c1-18(2)24(16-17-28(26,27)19-8-5-4-6-9-19)20(25)21-10-7-11-23-14-12-22(3)13-15-23;2*5-3(6)1-2-4(7)8/h4-6,8-9,18H,7,10-17H2,1-3H3,(H,21,25);2*1-2H,(H,5,6)(H,7,8)/b;2*2-1-. The molecule has 44 heavy (non-hydrogen) atoms. The first-order chi connectivity index (χ1) is 20.5. The molecule has 5 N–H and O–H groups in total. The number of nitrogens with zero attached hydrogens (tertiary/aromatic N) is 3. The van der Waals surface area contributed by atoms with Gasteiger partial charge < -0.3 is 40.4 Å². The lowest BCUT2D eigenvalue weighted by molar-refractivity contribution is -0.134. The Labute approximate surface area is 257 Å². The number of carboxylic acid groups (broad SMARTS) is 4. The average Bonchev–Trinajstić information content (AvgIpc) is 2.95. The van der Waals surface area contributed by atoms with Crippen LogP contribution >= 0.6 is 0 Å². The topological polar surface area (TPSA) is 222 Å². The van der Waals surface area contributed by atoms with E-state index in [0.29, 0.717) is 35.7 Å². The van der Waals surface area contributed by atoms with Crippen LogP contribution in [0.15, 0.2) is 59.5 Å². The van der Waals surface area contributed by atoms with Crippen LogP contribution in [0.4, 0.5) is 4.79 Å². The zero-order chi connectivity index (χ0) is 33.7. The van der Waals surface area contributed by atoms with Crippen LogP contribution in [0.25, 0.3) is 0 Å². The van der Waals surface area contributed by atoms with E-state index in [1.807, 2.05) is 13.8 Å². The van der Waals surface area contributed by atoms with Crippen molar-refractivity contribution in [2.24, 2.45) is 0 Å². The summed E-state index contributed by atoms with van der Waals surface area (Å²) in [5, 5.41) is 34.2. The Bertz CT molecular complexity index is 1160. The van der Waals surface area contributed by atoms with Crippen molar-refractivity contribution < 1.29 is 52.8 Å². The zero-order valence-electron chi connectivity index (χ0n) is 25.0. The van der Waals surface area contributed by atoms with Crippen LogP contribution in [-0.4, -0.2) is 138 Å². The molecule has 1 aromatic rings.